The first kappa shape index (κ1) is 18.7. The molecule has 0 aliphatic carbocycles. The molecule has 0 fully saturated rings. The Morgan fingerprint density at radius 1 is 1.44 bits per heavy atom. The zero-order valence-electron chi connectivity index (χ0n) is 14.1. The fourth-order valence-electron chi connectivity index (χ4n) is 2.08. The first-order valence-electron chi connectivity index (χ1n) is 7.83. The monoisotopic (exact) mass is 364 g/mol. The van der Waals surface area contributed by atoms with E-state index in [1.807, 2.05) is 5.38 Å². The van der Waals surface area contributed by atoms with Crippen molar-refractivity contribution in [1.29, 1.82) is 0 Å². The predicted molar refractivity (Wildman–Crippen MR) is 98.0 cm³/mol. The van der Waals surface area contributed by atoms with Gasteiger partial charge in [0.25, 0.3) is 0 Å². The van der Waals surface area contributed by atoms with Gasteiger partial charge in [-0.2, -0.15) is 5.10 Å². The zero-order chi connectivity index (χ0) is 18.1. The summed E-state index contributed by atoms with van der Waals surface area (Å²) >= 11 is 1.40. The van der Waals surface area contributed by atoms with E-state index in [1.165, 1.54) is 30.7 Å². The van der Waals surface area contributed by atoms with Gasteiger partial charge in [-0.3, -0.25) is 15.5 Å². The Morgan fingerprint density at radius 2 is 2.28 bits per heavy atom. The van der Waals surface area contributed by atoms with Crippen LogP contribution in [-0.4, -0.2) is 29.8 Å². The van der Waals surface area contributed by atoms with Crippen molar-refractivity contribution >= 4 is 28.4 Å². The third kappa shape index (κ3) is 5.42. The summed E-state index contributed by atoms with van der Waals surface area (Å²) in [4.78, 5) is 14.9. The fraction of sp³-hybridized carbons (Fsp3) is 0.375. The molecule has 1 N–H and O–H groups in total. The van der Waals surface area contributed by atoms with Gasteiger partial charge in [0, 0.05) is 23.2 Å². The van der Waals surface area contributed by atoms with E-state index in [1.54, 1.807) is 12.3 Å². The first-order chi connectivity index (χ1) is 12.2. The third-order valence-corrected chi connectivity index (χ3v) is 3.95. The van der Waals surface area contributed by atoms with E-state index >= 15 is 0 Å². The molecule has 1 aromatic carbocycles. The summed E-state index contributed by atoms with van der Waals surface area (Å²) in [5.41, 5.74) is 3.13. The lowest BCUT2D eigenvalue weighted by Gasteiger charge is -2.11. The molecular formula is C16H20N4O4S. The number of anilines is 1. The van der Waals surface area contributed by atoms with E-state index in [0.29, 0.717) is 23.1 Å². The minimum Gasteiger partial charge on any atom is -0.493 e. The number of hydrogen-bond acceptors (Lipinski definition) is 8. The largest absolute Gasteiger partial charge is 0.493 e. The summed E-state index contributed by atoms with van der Waals surface area (Å²) < 4.78 is 10.9. The standard InChI is InChI=1S/C16H20N4O4S/c1-3-4-5-7-24-15-13(20(21)22)9-12(10-14(15)23-2)11-18-19-16-17-6-8-25-16/h6,8-11H,3-5,7H2,1-2H3,(H,17,19)/b18-11-. The van der Waals surface area contributed by atoms with Crippen LogP contribution in [0.5, 0.6) is 11.5 Å². The van der Waals surface area contributed by atoms with Crippen LogP contribution in [0.15, 0.2) is 28.8 Å². The smallest absolute Gasteiger partial charge is 0.315 e. The summed E-state index contributed by atoms with van der Waals surface area (Å²) in [5.74, 6) is 0.454. The molecule has 1 heterocycles. The van der Waals surface area contributed by atoms with Crippen molar-refractivity contribution in [3.8, 4) is 11.5 Å². The molecule has 134 valence electrons. The average Bonchev–Trinajstić information content (AvgIpc) is 3.12. The van der Waals surface area contributed by atoms with Crippen molar-refractivity contribution in [2.24, 2.45) is 5.10 Å². The molecule has 0 radical (unpaired) electrons. The maximum atomic E-state index is 11.4. The van der Waals surface area contributed by atoms with Crippen LogP contribution in [0.25, 0.3) is 0 Å². The third-order valence-electron chi connectivity index (χ3n) is 3.27. The molecule has 25 heavy (non-hydrogen) atoms. The number of methoxy groups -OCH3 is 1. The van der Waals surface area contributed by atoms with Gasteiger partial charge in [-0.05, 0) is 12.5 Å². The van der Waals surface area contributed by atoms with Crippen LogP contribution in [0.2, 0.25) is 0 Å². The molecule has 0 saturated heterocycles. The highest BCUT2D eigenvalue weighted by Gasteiger charge is 2.22. The van der Waals surface area contributed by atoms with E-state index < -0.39 is 4.92 Å². The molecule has 9 heteroatoms. The number of nitrogens with one attached hydrogen (secondary N) is 1. The number of nitro benzene ring substituents is 1. The normalized spacial score (nSPS) is 10.8. The summed E-state index contributed by atoms with van der Waals surface area (Å²) in [6, 6.07) is 3.06. The second-order valence-corrected chi connectivity index (χ2v) is 5.99. The van der Waals surface area contributed by atoms with Crippen LogP contribution in [-0.2, 0) is 0 Å². The number of ether oxygens (including phenoxy) is 2. The van der Waals surface area contributed by atoms with Gasteiger partial charge in [-0.15, -0.1) is 11.3 Å². The molecule has 0 spiro atoms. The number of hydrazone groups is 1. The molecule has 0 saturated carbocycles. The number of benzene rings is 1. The van der Waals surface area contributed by atoms with Crippen molar-refractivity contribution in [2.45, 2.75) is 26.2 Å². The Balaban J connectivity index is 2.19. The van der Waals surface area contributed by atoms with Gasteiger partial charge in [0.05, 0.1) is 24.9 Å². The molecule has 0 amide bonds. The molecule has 2 rings (SSSR count). The quantitative estimate of drug-likeness (QED) is 0.295. The number of hydrogen-bond donors (Lipinski definition) is 1. The van der Waals surface area contributed by atoms with Crippen molar-refractivity contribution in [3.63, 3.8) is 0 Å². The van der Waals surface area contributed by atoms with Crippen LogP contribution in [0.3, 0.4) is 0 Å². The van der Waals surface area contributed by atoms with Crippen LogP contribution >= 0.6 is 11.3 Å². The number of aromatic nitrogens is 1. The second kappa shape index (κ2) is 9.58. The highest BCUT2D eigenvalue weighted by molar-refractivity contribution is 7.13. The minimum atomic E-state index is -0.483. The van der Waals surface area contributed by atoms with Crippen LogP contribution < -0.4 is 14.9 Å². The number of rotatable bonds is 10. The Kier molecular flexibility index (Phi) is 7.15. The highest BCUT2D eigenvalue weighted by atomic mass is 32.1. The van der Waals surface area contributed by atoms with Gasteiger partial charge in [-0.1, -0.05) is 19.8 Å². The maximum absolute atomic E-state index is 11.4. The predicted octanol–water partition coefficient (Wildman–Crippen LogP) is 4.07. The maximum Gasteiger partial charge on any atom is 0.315 e. The zero-order valence-corrected chi connectivity index (χ0v) is 14.9. The Bertz CT molecular complexity index is 719. The fourth-order valence-corrected chi connectivity index (χ4v) is 2.56. The summed E-state index contributed by atoms with van der Waals surface area (Å²) in [6.07, 6.45) is 6.00. The molecule has 0 atom stereocenters. The molecule has 8 nitrogen and oxygen atoms in total. The molecule has 0 aliphatic rings. The topological polar surface area (TPSA) is 98.9 Å². The molecule has 2 aromatic rings. The van der Waals surface area contributed by atoms with Gasteiger partial charge < -0.3 is 9.47 Å². The number of thiazole rings is 1. The van der Waals surface area contributed by atoms with E-state index in [9.17, 15) is 10.1 Å². The van der Waals surface area contributed by atoms with Crippen molar-refractivity contribution < 1.29 is 14.4 Å². The Morgan fingerprint density at radius 3 is 2.92 bits per heavy atom. The van der Waals surface area contributed by atoms with Gasteiger partial charge >= 0.3 is 5.69 Å². The highest BCUT2D eigenvalue weighted by Crippen LogP contribution is 2.38. The van der Waals surface area contributed by atoms with E-state index in [2.05, 4.69) is 22.4 Å². The first-order valence-corrected chi connectivity index (χ1v) is 8.71. The Labute approximate surface area is 149 Å². The summed E-state index contributed by atoms with van der Waals surface area (Å²) in [7, 11) is 1.45. The molecule has 0 bridgehead atoms. The number of nitro groups is 1. The van der Waals surface area contributed by atoms with Gasteiger partial charge in [0.1, 0.15) is 0 Å². The van der Waals surface area contributed by atoms with Crippen LogP contribution in [0, 0.1) is 10.1 Å². The SMILES string of the molecule is CCCCCOc1c(OC)cc(/C=N\Nc2nccs2)cc1[N+](=O)[O-]. The minimum absolute atomic E-state index is 0.147. The molecule has 1 aromatic heterocycles. The van der Waals surface area contributed by atoms with E-state index in [4.69, 9.17) is 9.47 Å². The number of unbranched alkanes of at least 4 members (excludes halogenated alkanes) is 2. The lowest BCUT2D eigenvalue weighted by Crippen LogP contribution is -2.04. The Hall–Kier alpha value is -2.68. The molecule has 0 aliphatic heterocycles. The van der Waals surface area contributed by atoms with Gasteiger partial charge in [0.15, 0.2) is 5.75 Å². The van der Waals surface area contributed by atoms with Crippen molar-refractivity contribution in [2.75, 3.05) is 19.1 Å². The van der Waals surface area contributed by atoms with Gasteiger partial charge in [-0.25, -0.2) is 4.98 Å². The molecular weight excluding hydrogens is 344 g/mol. The van der Waals surface area contributed by atoms with Crippen LogP contribution in [0.4, 0.5) is 10.8 Å². The lowest BCUT2D eigenvalue weighted by atomic mass is 10.2. The summed E-state index contributed by atoms with van der Waals surface area (Å²) in [6.45, 7) is 2.49. The van der Waals surface area contributed by atoms with E-state index in [0.717, 1.165) is 19.3 Å². The average molecular weight is 364 g/mol. The summed E-state index contributed by atoms with van der Waals surface area (Å²) in [5, 5.41) is 17.9. The molecule has 0 unspecified atom stereocenters. The van der Waals surface area contributed by atoms with Crippen molar-refractivity contribution in [1.82, 2.24) is 4.98 Å². The van der Waals surface area contributed by atoms with Crippen molar-refractivity contribution in [3.05, 3.63) is 39.4 Å². The number of nitrogens with zero attached hydrogens (tertiary/aromatic N) is 3. The van der Waals surface area contributed by atoms with E-state index in [-0.39, 0.29) is 11.4 Å². The van der Waals surface area contributed by atoms with Crippen LogP contribution in [0.1, 0.15) is 31.7 Å². The van der Waals surface area contributed by atoms with Gasteiger partial charge in [0.2, 0.25) is 10.9 Å². The lowest BCUT2D eigenvalue weighted by molar-refractivity contribution is -0.386. The second-order valence-electron chi connectivity index (χ2n) is 5.09.